The van der Waals surface area contributed by atoms with Gasteiger partial charge in [-0.2, -0.15) is 0 Å². The van der Waals surface area contributed by atoms with Gasteiger partial charge in [-0.25, -0.2) is 19.2 Å². The summed E-state index contributed by atoms with van der Waals surface area (Å²) in [4.78, 5) is 19.4. The minimum absolute atomic E-state index is 0.115. The molecule has 104 valence electrons. The van der Waals surface area contributed by atoms with Gasteiger partial charge >= 0.3 is 5.97 Å². The van der Waals surface area contributed by atoms with Crippen LogP contribution in [0.15, 0.2) is 30.5 Å². The number of halogens is 1. The van der Waals surface area contributed by atoms with Crippen LogP contribution in [0.25, 0.3) is 0 Å². The maximum Gasteiger partial charge on any atom is 0.339 e. The third kappa shape index (κ3) is 3.17. The van der Waals surface area contributed by atoms with E-state index in [0.29, 0.717) is 23.5 Å². The van der Waals surface area contributed by atoms with E-state index in [2.05, 4.69) is 9.97 Å². The molecule has 0 amide bonds. The van der Waals surface area contributed by atoms with Crippen molar-refractivity contribution in [2.45, 2.75) is 26.2 Å². The summed E-state index contributed by atoms with van der Waals surface area (Å²) in [5.41, 5.74) is 1.11. The van der Waals surface area contributed by atoms with Crippen LogP contribution in [0.1, 0.15) is 40.8 Å². The van der Waals surface area contributed by atoms with Gasteiger partial charge in [0, 0.05) is 12.6 Å². The van der Waals surface area contributed by atoms with E-state index in [1.807, 2.05) is 6.92 Å². The number of aryl methyl sites for hydroxylation is 1. The molecule has 0 saturated carbocycles. The summed E-state index contributed by atoms with van der Waals surface area (Å²) < 4.78 is 13.6. The molecule has 0 aliphatic carbocycles. The molecule has 4 nitrogen and oxygen atoms in total. The van der Waals surface area contributed by atoms with Crippen LogP contribution in [-0.2, 0) is 12.8 Å². The number of hydrogen-bond donors (Lipinski definition) is 1. The first-order valence-corrected chi connectivity index (χ1v) is 6.43. The summed E-state index contributed by atoms with van der Waals surface area (Å²) in [6.07, 6.45) is 2.91. The Morgan fingerprint density at radius 1 is 1.35 bits per heavy atom. The van der Waals surface area contributed by atoms with Gasteiger partial charge in [-0.3, -0.25) is 0 Å². The zero-order chi connectivity index (χ0) is 14.5. The van der Waals surface area contributed by atoms with E-state index in [1.54, 1.807) is 18.2 Å². The maximum atomic E-state index is 13.6. The Labute approximate surface area is 116 Å². The number of carboxylic acid groups (broad SMARTS) is 1. The van der Waals surface area contributed by atoms with Crippen molar-refractivity contribution in [3.63, 3.8) is 0 Å². The molecule has 2 rings (SSSR count). The van der Waals surface area contributed by atoms with Gasteiger partial charge in [-0.1, -0.05) is 31.5 Å². The second-order valence-electron chi connectivity index (χ2n) is 4.47. The van der Waals surface area contributed by atoms with E-state index in [9.17, 15) is 9.18 Å². The number of aromatic nitrogens is 2. The van der Waals surface area contributed by atoms with Crippen LogP contribution in [0.4, 0.5) is 4.39 Å². The van der Waals surface area contributed by atoms with Gasteiger partial charge in [0.25, 0.3) is 0 Å². The van der Waals surface area contributed by atoms with Gasteiger partial charge in [0.15, 0.2) is 0 Å². The molecule has 1 N–H and O–H groups in total. The highest BCUT2D eigenvalue weighted by Gasteiger charge is 2.13. The van der Waals surface area contributed by atoms with E-state index in [4.69, 9.17) is 5.11 Å². The molecule has 1 aromatic carbocycles. The minimum Gasteiger partial charge on any atom is -0.478 e. The third-order valence-electron chi connectivity index (χ3n) is 2.94. The summed E-state index contributed by atoms with van der Waals surface area (Å²) in [5, 5.41) is 9.08. The number of rotatable bonds is 5. The van der Waals surface area contributed by atoms with Gasteiger partial charge in [0.2, 0.25) is 0 Å². The molecule has 1 heterocycles. The topological polar surface area (TPSA) is 63.1 Å². The molecule has 0 atom stereocenters. The number of hydrogen-bond acceptors (Lipinski definition) is 3. The van der Waals surface area contributed by atoms with E-state index in [-0.39, 0.29) is 17.8 Å². The van der Waals surface area contributed by atoms with Gasteiger partial charge in [0.1, 0.15) is 11.6 Å². The Bertz CT molecular complexity index is 629. The SMILES string of the molecule is CCCc1nc(Cc2ccccc2F)ncc1C(=O)O. The van der Waals surface area contributed by atoms with Crippen LogP contribution in [0.2, 0.25) is 0 Å². The van der Waals surface area contributed by atoms with E-state index >= 15 is 0 Å². The molecule has 5 heteroatoms. The van der Waals surface area contributed by atoms with Crippen LogP contribution < -0.4 is 0 Å². The van der Waals surface area contributed by atoms with Crippen LogP contribution >= 0.6 is 0 Å². The fourth-order valence-electron chi connectivity index (χ4n) is 1.96. The lowest BCUT2D eigenvalue weighted by Crippen LogP contribution is -2.09. The molecule has 0 bridgehead atoms. The highest BCUT2D eigenvalue weighted by molar-refractivity contribution is 5.88. The highest BCUT2D eigenvalue weighted by Crippen LogP contribution is 2.13. The number of nitrogens with zero attached hydrogens (tertiary/aromatic N) is 2. The second-order valence-corrected chi connectivity index (χ2v) is 4.47. The average molecular weight is 274 g/mol. The monoisotopic (exact) mass is 274 g/mol. The van der Waals surface area contributed by atoms with Crippen molar-refractivity contribution in [2.24, 2.45) is 0 Å². The van der Waals surface area contributed by atoms with E-state index in [1.165, 1.54) is 12.3 Å². The molecule has 0 spiro atoms. The Hall–Kier alpha value is -2.30. The first-order chi connectivity index (χ1) is 9.61. The summed E-state index contributed by atoms with van der Waals surface area (Å²) >= 11 is 0. The van der Waals surface area contributed by atoms with Crippen molar-refractivity contribution < 1.29 is 14.3 Å². The van der Waals surface area contributed by atoms with Crippen molar-refractivity contribution in [3.8, 4) is 0 Å². The fourth-order valence-corrected chi connectivity index (χ4v) is 1.96. The van der Waals surface area contributed by atoms with Crippen LogP contribution in [-0.4, -0.2) is 21.0 Å². The molecular weight excluding hydrogens is 259 g/mol. The molecule has 2 aromatic rings. The maximum absolute atomic E-state index is 13.6. The van der Waals surface area contributed by atoms with E-state index in [0.717, 1.165) is 6.42 Å². The molecule has 0 fully saturated rings. The van der Waals surface area contributed by atoms with Crippen molar-refractivity contribution in [3.05, 3.63) is 58.9 Å². The first-order valence-electron chi connectivity index (χ1n) is 6.43. The standard InChI is InChI=1S/C15H15FN2O2/c1-2-5-13-11(15(19)20)9-17-14(18-13)8-10-6-3-4-7-12(10)16/h3-4,6-7,9H,2,5,8H2,1H3,(H,19,20). The highest BCUT2D eigenvalue weighted by atomic mass is 19.1. The molecule has 20 heavy (non-hydrogen) atoms. The van der Waals surface area contributed by atoms with Crippen LogP contribution in [0, 0.1) is 5.82 Å². The smallest absolute Gasteiger partial charge is 0.339 e. The van der Waals surface area contributed by atoms with Crippen molar-refractivity contribution >= 4 is 5.97 Å². The molecular formula is C15H15FN2O2. The molecule has 0 saturated heterocycles. The Morgan fingerprint density at radius 3 is 2.75 bits per heavy atom. The van der Waals surface area contributed by atoms with Gasteiger partial charge < -0.3 is 5.11 Å². The van der Waals surface area contributed by atoms with Crippen LogP contribution in [0.5, 0.6) is 0 Å². The normalized spacial score (nSPS) is 10.5. The van der Waals surface area contributed by atoms with Gasteiger partial charge in [-0.05, 0) is 18.1 Å². The van der Waals surface area contributed by atoms with Crippen molar-refractivity contribution in [1.29, 1.82) is 0 Å². The molecule has 0 aliphatic rings. The van der Waals surface area contributed by atoms with Gasteiger partial charge in [0.05, 0.1) is 11.3 Å². The number of carbonyl (C=O) groups is 1. The zero-order valence-corrected chi connectivity index (χ0v) is 11.1. The summed E-state index contributed by atoms with van der Waals surface area (Å²) in [6.45, 7) is 1.95. The predicted octanol–water partition coefficient (Wildman–Crippen LogP) is 2.86. The molecule has 1 aromatic heterocycles. The average Bonchev–Trinajstić information content (AvgIpc) is 2.42. The Balaban J connectivity index is 2.32. The number of carboxylic acids is 1. The molecule has 0 aliphatic heterocycles. The Morgan fingerprint density at radius 2 is 2.10 bits per heavy atom. The number of benzene rings is 1. The summed E-state index contributed by atoms with van der Waals surface area (Å²) in [5.74, 6) is -0.912. The minimum atomic E-state index is -1.04. The Kier molecular flexibility index (Phi) is 4.40. The second kappa shape index (κ2) is 6.23. The fraction of sp³-hybridized carbons (Fsp3) is 0.267. The van der Waals surface area contributed by atoms with Crippen molar-refractivity contribution in [1.82, 2.24) is 9.97 Å². The lowest BCUT2D eigenvalue weighted by atomic mass is 10.1. The van der Waals surface area contributed by atoms with E-state index < -0.39 is 5.97 Å². The lowest BCUT2D eigenvalue weighted by molar-refractivity contribution is 0.0694. The summed E-state index contributed by atoms with van der Waals surface area (Å²) in [6, 6.07) is 6.42. The van der Waals surface area contributed by atoms with Crippen LogP contribution in [0.3, 0.4) is 0 Å². The lowest BCUT2D eigenvalue weighted by Gasteiger charge is -2.07. The third-order valence-corrected chi connectivity index (χ3v) is 2.94. The largest absolute Gasteiger partial charge is 0.478 e. The zero-order valence-electron chi connectivity index (χ0n) is 11.1. The van der Waals surface area contributed by atoms with Gasteiger partial charge in [-0.15, -0.1) is 0 Å². The quantitative estimate of drug-likeness (QED) is 0.910. The number of aromatic carboxylic acids is 1. The molecule has 0 radical (unpaired) electrons. The van der Waals surface area contributed by atoms with Crippen molar-refractivity contribution in [2.75, 3.05) is 0 Å². The first kappa shape index (κ1) is 14.1. The molecule has 0 unspecified atom stereocenters. The summed E-state index contributed by atoms with van der Waals surface area (Å²) in [7, 11) is 0. The predicted molar refractivity (Wildman–Crippen MR) is 72.2 cm³/mol.